The van der Waals surface area contributed by atoms with E-state index < -0.39 is 0 Å². The molecule has 2 aliphatic rings. The number of nitrogens with zero attached hydrogens (tertiary/aromatic N) is 1. The number of hydrogen-bond donors (Lipinski definition) is 0. The molecule has 0 spiro atoms. The summed E-state index contributed by atoms with van der Waals surface area (Å²) in [5.41, 5.74) is -0.0221. The quantitative estimate of drug-likeness (QED) is 0.572. The van der Waals surface area contributed by atoms with Gasteiger partial charge in [0.15, 0.2) is 0 Å². The minimum atomic E-state index is -0.0922. The van der Waals surface area contributed by atoms with Gasteiger partial charge in [0.2, 0.25) is 0 Å². The van der Waals surface area contributed by atoms with Crippen molar-refractivity contribution in [3.8, 4) is 0 Å². The van der Waals surface area contributed by atoms with E-state index in [4.69, 9.17) is 4.74 Å². The Bertz CT molecular complexity index is 280. The van der Waals surface area contributed by atoms with Crippen molar-refractivity contribution >= 4 is 6.29 Å². The van der Waals surface area contributed by atoms with Crippen LogP contribution < -0.4 is 0 Å². The van der Waals surface area contributed by atoms with Gasteiger partial charge in [-0.25, -0.2) is 0 Å². The molecule has 104 valence electrons. The third-order valence-corrected chi connectivity index (χ3v) is 4.67. The van der Waals surface area contributed by atoms with Gasteiger partial charge in [0.25, 0.3) is 0 Å². The first-order valence-electron chi connectivity index (χ1n) is 7.37. The molecule has 2 fully saturated rings. The molecule has 0 unspecified atom stereocenters. The van der Waals surface area contributed by atoms with E-state index in [1.54, 1.807) is 0 Å². The molecule has 18 heavy (non-hydrogen) atoms. The molecule has 1 aliphatic heterocycles. The molecule has 1 saturated carbocycles. The molecule has 1 heterocycles. The first-order valence-corrected chi connectivity index (χ1v) is 7.37. The summed E-state index contributed by atoms with van der Waals surface area (Å²) in [6.07, 6.45) is 8.41. The van der Waals surface area contributed by atoms with Gasteiger partial charge in [0.1, 0.15) is 6.29 Å². The molecular formula is C15H27NO2. The van der Waals surface area contributed by atoms with E-state index in [-0.39, 0.29) is 11.0 Å². The standard InChI is InChI=1S/C15H27NO2/c1-14(2)13-18-10-9-16(14)11-15(12-17)7-5-3-4-6-8-15/h12H,3-11,13H2,1-2H3. The lowest BCUT2D eigenvalue weighted by Gasteiger charge is -2.46. The lowest BCUT2D eigenvalue weighted by molar-refractivity contribution is -0.122. The van der Waals surface area contributed by atoms with Gasteiger partial charge in [-0.2, -0.15) is 0 Å². The van der Waals surface area contributed by atoms with E-state index in [0.717, 1.165) is 39.1 Å². The Kier molecular flexibility index (Phi) is 4.44. The second kappa shape index (κ2) is 5.70. The van der Waals surface area contributed by atoms with E-state index in [1.165, 1.54) is 32.0 Å². The molecule has 2 rings (SSSR count). The Balaban J connectivity index is 2.06. The molecule has 0 aromatic rings. The van der Waals surface area contributed by atoms with Crippen molar-refractivity contribution in [2.75, 3.05) is 26.3 Å². The highest BCUT2D eigenvalue weighted by Crippen LogP contribution is 2.36. The Hall–Kier alpha value is -0.410. The number of morpholine rings is 1. The van der Waals surface area contributed by atoms with E-state index in [2.05, 4.69) is 18.7 Å². The monoisotopic (exact) mass is 253 g/mol. The second-order valence-corrected chi connectivity index (χ2v) is 6.68. The van der Waals surface area contributed by atoms with Gasteiger partial charge in [0.05, 0.1) is 13.2 Å². The molecule has 3 nitrogen and oxygen atoms in total. The normalized spacial score (nSPS) is 28.6. The summed E-state index contributed by atoms with van der Waals surface area (Å²) < 4.78 is 5.57. The third kappa shape index (κ3) is 3.12. The van der Waals surface area contributed by atoms with Crippen molar-refractivity contribution in [3.63, 3.8) is 0 Å². The third-order valence-electron chi connectivity index (χ3n) is 4.67. The van der Waals surface area contributed by atoms with Crippen LogP contribution in [0.5, 0.6) is 0 Å². The number of carbonyl (C=O) groups excluding carboxylic acids is 1. The van der Waals surface area contributed by atoms with Gasteiger partial charge >= 0.3 is 0 Å². The van der Waals surface area contributed by atoms with Crippen molar-refractivity contribution in [1.29, 1.82) is 0 Å². The molecule has 0 radical (unpaired) electrons. The van der Waals surface area contributed by atoms with Crippen molar-refractivity contribution < 1.29 is 9.53 Å². The number of ether oxygens (including phenoxy) is 1. The maximum absolute atomic E-state index is 11.7. The van der Waals surface area contributed by atoms with Crippen LogP contribution in [0.25, 0.3) is 0 Å². The number of rotatable bonds is 3. The summed E-state index contributed by atoms with van der Waals surface area (Å²) in [4.78, 5) is 14.1. The smallest absolute Gasteiger partial charge is 0.127 e. The zero-order valence-electron chi connectivity index (χ0n) is 11.9. The van der Waals surface area contributed by atoms with Crippen LogP contribution >= 0.6 is 0 Å². The highest BCUT2D eigenvalue weighted by Gasteiger charge is 2.38. The molecule has 0 atom stereocenters. The van der Waals surface area contributed by atoms with Gasteiger partial charge in [-0.3, -0.25) is 4.90 Å². The molecule has 1 saturated heterocycles. The van der Waals surface area contributed by atoms with Crippen molar-refractivity contribution in [1.82, 2.24) is 4.90 Å². The van der Waals surface area contributed by atoms with Gasteiger partial charge in [0, 0.05) is 24.0 Å². The zero-order chi connectivity index (χ0) is 13.1. The van der Waals surface area contributed by atoms with Crippen LogP contribution in [0.15, 0.2) is 0 Å². The zero-order valence-corrected chi connectivity index (χ0v) is 11.9. The number of carbonyl (C=O) groups is 1. The van der Waals surface area contributed by atoms with Crippen LogP contribution in [0.4, 0.5) is 0 Å². The molecule has 0 N–H and O–H groups in total. The number of hydrogen-bond acceptors (Lipinski definition) is 3. The summed E-state index contributed by atoms with van der Waals surface area (Å²) in [6, 6.07) is 0. The predicted octanol–water partition coefficient (Wildman–Crippen LogP) is 2.64. The summed E-state index contributed by atoms with van der Waals surface area (Å²) in [5, 5.41) is 0. The first-order chi connectivity index (χ1) is 8.58. The fourth-order valence-electron chi connectivity index (χ4n) is 3.31. The van der Waals surface area contributed by atoms with E-state index in [1.807, 2.05) is 0 Å². The first kappa shape index (κ1) is 14.0. The fraction of sp³-hybridized carbons (Fsp3) is 0.933. The van der Waals surface area contributed by atoms with Gasteiger partial charge < -0.3 is 9.53 Å². The van der Waals surface area contributed by atoms with Gasteiger partial charge in [-0.1, -0.05) is 25.7 Å². The molecule has 0 bridgehead atoms. The molecule has 0 amide bonds. The average molecular weight is 253 g/mol. The Morgan fingerprint density at radius 3 is 2.39 bits per heavy atom. The molecule has 0 aromatic heterocycles. The van der Waals surface area contributed by atoms with Crippen molar-refractivity contribution in [3.05, 3.63) is 0 Å². The predicted molar refractivity (Wildman–Crippen MR) is 72.7 cm³/mol. The van der Waals surface area contributed by atoms with Crippen molar-refractivity contribution in [2.45, 2.75) is 57.9 Å². The van der Waals surface area contributed by atoms with E-state index in [0.29, 0.717) is 0 Å². The SMILES string of the molecule is CC1(C)COCCN1CC1(C=O)CCCCCC1. The van der Waals surface area contributed by atoms with Crippen LogP contribution in [0, 0.1) is 5.41 Å². The Morgan fingerprint density at radius 2 is 1.83 bits per heavy atom. The summed E-state index contributed by atoms with van der Waals surface area (Å²) in [6.45, 7) is 7.92. The lowest BCUT2D eigenvalue weighted by atomic mass is 9.80. The average Bonchev–Trinajstić information content (AvgIpc) is 2.58. The van der Waals surface area contributed by atoms with Crippen LogP contribution in [0.3, 0.4) is 0 Å². The van der Waals surface area contributed by atoms with E-state index >= 15 is 0 Å². The lowest BCUT2D eigenvalue weighted by Crippen LogP contribution is -2.56. The highest BCUT2D eigenvalue weighted by molar-refractivity contribution is 5.59. The van der Waals surface area contributed by atoms with Crippen molar-refractivity contribution in [2.24, 2.45) is 5.41 Å². The Labute approximate surface area is 111 Å². The van der Waals surface area contributed by atoms with Crippen LogP contribution in [0.1, 0.15) is 52.4 Å². The highest BCUT2D eigenvalue weighted by atomic mass is 16.5. The summed E-state index contributed by atoms with van der Waals surface area (Å²) in [7, 11) is 0. The maximum Gasteiger partial charge on any atom is 0.127 e. The fourth-order valence-corrected chi connectivity index (χ4v) is 3.31. The van der Waals surface area contributed by atoms with Gasteiger partial charge in [-0.15, -0.1) is 0 Å². The molecule has 1 aliphatic carbocycles. The van der Waals surface area contributed by atoms with Crippen LogP contribution in [0.2, 0.25) is 0 Å². The van der Waals surface area contributed by atoms with Crippen LogP contribution in [-0.2, 0) is 9.53 Å². The number of aldehydes is 1. The van der Waals surface area contributed by atoms with E-state index in [9.17, 15) is 4.79 Å². The largest absolute Gasteiger partial charge is 0.378 e. The summed E-state index contributed by atoms with van der Waals surface area (Å²) in [5.74, 6) is 0. The molecule has 0 aromatic carbocycles. The topological polar surface area (TPSA) is 29.5 Å². The maximum atomic E-state index is 11.7. The second-order valence-electron chi connectivity index (χ2n) is 6.68. The minimum absolute atomic E-state index is 0.0700. The summed E-state index contributed by atoms with van der Waals surface area (Å²) >= 11 is 0. The Morgan fingerprint density at radius 1 is 1.17 bits per heavy atom. The molecular weight excluding hydrogens is 226 g/mol. The van der Waals surface area contributed by atoms with Crippen LogP contribution in [-0.4, -0.2) is 43.0 Å². The van der Waals surface area contributed by atoms with Gasteiger partial charge in [-0.05, 0) is 26.7 Å². The molecule has 3 heteroatoms. The minimum Gasteiger partial charge on any atom is -0.378 e.